The molecule has 9 nitrogen and oxygen atoms in total. The Hall–Kier alpha value is -3.21. The Morgan fingerprint density at radius 1 is 1.14 bits per heavy atom. The number of nitrogens with one attached hydrogen (secondary N) is 3. The highest BCUT2D eigenvalue weighted by Gasteiger charge is 2.26. The molecule has 0 saturated heterocycles. The van der Waals surface area contributed by atoms with E-state index in [1.807, 2.05) is 45.1 Å². The van der Waals surface area contributed by atoms with E-state index in [0.717, 1.165) is 24.0 Å². The topological polar surface area (TPSA) is 128 Å². The molecule has 4 bridgehead atoms. The predicted molar refractivity (Wildman–Crippen MR) is 169 cm³/mol. The Kier molecular flexibility index (Phi) is 12.1. The zero-order valence-corrected chi connectivity index (χ0v) is 26.2. The Bertz CT molecular complexity index is 1360. The summed E-state index contributed by atoms with van der Waals surface area (Å²) in [5.74, 6) is -0.385. The summed E-state index contributed by atoms with van der Waals surface area (Å²) in [4.78, 5) is 26.5. The third-order valence-corrected chi connectivity index (χ3v) is 8.26. The van der Waals surface area contributed by atoms with E-state index in [1.54, 1.807) is 25.1 Å². The largest absolute Gasteiger partial charge is 0.391 e. The molecule has 3 rings (SSSR count). The van der Waals surface area contributed by atoms with Crippen molar-refractivity contribution >= 4 is 33.6 Å². The standard InChI is InChI=1S/C32H46N4O5S/c1-6-14-36(42(5,40)41)29-18-26-11-8-7-10-24-12-9-13-25(15-24)17-28(35-31(38)27(16-26)19-29)21-33-30(23(4)37)32(39)34-20-22(2)3/h8-9,11-13,15-16,18-19,22-23,28,30,33,37H,6-7,10,14,17,20-21H2,1-5H3,(H,34,39)(H,35,38)/b11-8-/t23-,28-,30+/m0/s1. The number of carbonyl (C=O) groups excluding carboxylic acids is 2. The first kappa shape index (κ1) is 33.3. The normalized spacial score (nSPS) is 18.0. The Labute approximate surface area is 250 Å². The second-order valence-electron chi connectivity index (χ2n) is 11.5. The number of aryl methyl sites for hydroxylation is 1. The molecule has 4 N–H and O–H groups in total. The quantitative estimate of drug-likeness (QED) is 0.315. The number of fused-ring (bicyclic) bond motifs is 4. The highest BCUT2D eigenvalue weighted by molar-refractivity contribution is 7.92. The fourth-order valence-corrected chi connectivity index (χ4v) is 5.97. The van der Waals surface area contributed by atoms with E-state index in [4.69, 9.17) is 0 Å². The SMILES string of the molecule is CCCN(c1cc2cc(c1)C(=O)N[C@H](CN[C@@H](C(=O)NCC(C)C)[C@H](C)O)Cc1cccc(c1)CC/C=C\2)S(C)(=O)=O. The lowest BCUT2D eigenvalue weighted by Crippen LogP contribution is -2.55. The molecule has 0 saturated carbocycles. The lowest BCUT2D eigenvalue weighted by atomic mass is 9.99. The summed E-state index contributed by atoms with van der Waals surface area (Å²) in [6.07, 6.45) is 6.92. The Morgan fingerprint density at radius 2 is 1.88 bits per heavy atom. The van der Waals surface area contributed by atoms with Gasteiger partial charge in [0, 0.05) is 31.2 Å². The molecular weight excluding hydrogens is 552 g/mol. The first-order valence-corrected chi connectivity index (χ1v) is 16.6. The summed E-state index contributed by atoms with van der Waals surface area (Å²) in [5, 5.41) is 19.5. The number of anilines is 1. The van der Waals surface area contributed by atoms with Gasteiger partial charge in [-0.05, 0) is 73.4 Å². The molecule has 0 spiro atoms. The van der Waals surface area contributed by atoms with Crippen LogP contribution in [0.1, 0.15) is 67.6 Å². The van der Waals surface area contributed by atoms with Crippen molar-refractivity contribution in [1.82, 2.24) is 16.0 Å². The molecule has 42 heavy (non-hydrogen) atoms. The van der Waals surface area contributed by atoms with E-state index in [-0.39, 0.29) is 24.3 Å². The number of rotatable bonds is 11. The molecule has 230 valence electrons. The molecule has 2 aromatic carbocycles. The molecule has 0 aliphatic carbocycles. The molecular formula is C32H46N4O5S. The van der Waals surface area contributed by atoms with Gasteiger partial charge < -0.3 is 21.1 Å². The van der Waals surface area contributed by atoms with Crippen LogP contribution in [-0.4, -0.2) is 69.4 Å². The van der Waals surface area contributed by atoms with Gasteiger partial charge in [0.25, 0.3) is 5.91 Å². The maximum atomic E-state index is 13.7. The van der Waals surface area contributed by atoms with E-state index in [9.17, 15) is 23.1 Å². The van der Waals surface area contributed by atoms with Gasteiger partial charge in [-0.25, -0.2) is 8.42 Å². The van der Waals surface area contributed by atoms with Crippen LogP contribution in [0.5, 0.6) is 0 Å². The number of aliphatic hydroxyl groups excluding tert-OH is 1. The number of amides is 2. The van der Waals surface area contributed by atoms with Gasteiger partial charge in [-0.15, -0.1) is 0 Å². The molecule has 1 aliphatic heterocycles. The van der Waals surface area contributed by atoms with Crippen molar-refractivity contribution in [3.05, 3.63) is 70.8 Å². The molecule has 1 heterocycles. The molecule has 0 aromatic heterocycles. The molecule has 2 amide bonds. The maximum absolute atomic E-state index is 13.7. The van der Waals surface area contributed by atoms with Gasteiger partial charge in [0.05, 0.1) is 18.0 Å². The number of carbonyl (C=O) groups is 2. The minimum absolute atomic E-state index is 0.235. The van der Waals surface area contributed by atoms with Gasteiger partial charge in [0.1, 0.15) is 6.04 Å². The average molecular weight is 599 g/mol. The van der Waals surface area contributed by atoms with Gasteiger partial charge in [0.15, 0.2) is 0 Å². The summed E-state index contributed by atoms with van der Waals surface area (Å²) < 4.78 is 26.6. The van der Waals surface area contributed by atoms with E-state index in [2.05, 4.69) is 28.1 Å². The molecule has 2 aromatic rings. The van der Waals surface area contributed by atoms with Crippen LogP contribution >= 0.6 is 0 Å². The van der Waals surface area contributed by atoms with Gasteiger partial charge in [-0.3, -0.25) is 13.9 Å². The molecule has 10 heteroatoms. The lowest BCUT2D eigenvalue weighted by Gasteiger charge is -2.26. The minimum Gasteiger partial charge on any atom is -0.391 e. The fraction of sp³-hybridized carbons (Fsp3) is 0.500. The van der Waals surface area contributed by atoms with Crippen molar-refractivity contribution < 1.29 is 23.1 Å². The van der Waals surface area contributed by atoms with E-state index < -0.39 is 28.2 Å². The zero-order valence-electron chi connectivity index (χ0n) is 25.4. The first-order valence-electron chi connectivity index (χ1n) is 14.7. The Morgan fingerprint density at radius 3 is 2.55 bits per heavy atom. The molecule has 0 radical (unpaired) electrons. The summed E-state index contributed by atoms with van der Waals surface area (Å²) >= 11 is 0. The van der Waals surface area contributed by atoms with Crippen molar-refractivity contribution in [2.45, 2.75) is 71.6 Å². The average Bonchev–Trinajstić information content (AvgIpc) is 2.91. The molecule has 0 unspecified atom stereocenters. The van der Waals surface area contributed by atoms with E-state index in [1.165, 1.54) is 16.1 Å². The second-order valence-corrected chi connectivity index (χ2v) is 13.5. The van der Waals surface area contributed by atoms with Crippen LogP contribution in [0.4, 0.5) is 5.69 Å². The van der Waals surface area contributed by atoms with Crippen LogP contribution in [0.25, 0.3) is 6.08 Å². The van der Waals surface area contributed by atoms with E-state index >= 15 is 0 Å². The number of sulfonamides is 1. The van der Waals surface area contributed by atoms with Crippen LogP contribution in [0, 0.1) is 5.92 Å². The van der Waals surface area contributed by atoms with Gasteiger partial charge in [0.2, 0.25) is 15.9 Å². The number of aliphatic hydroxyl groups is 1. The third-order valence-electron chi connectivity index (χ3n) is 7.07. The van der Waals surface area contributed by atoms with Crippen LogP contribution in [-0.2, 0) is 27.7 Å². The van der Waals surface area contributed by atoms with Crippen molar-refractivity contribution in [3.8, 4) is 0 Å². The number of benzene rings is 2. The fourth-order valence-electron chi connectivity index (χ4n) is 4.97. The van der Waals surface area contributed by atoms with Crippen LogP contribution in [0.2, 0.25) is 0 Å². The monoisotopic (exact) mass is 598 g/mol. The highest BCUT2D eigenvalue weighted by Crippen LogP contribution is 2.24. The number of allylic oxidation sites excluding steroid dienone is 1. The predicted octanol–water partition coefficient (Wildman–Crippen LogP) is 3.27. The maximum Gasteiger partial charge on any atom is 0.251 e. The number of nitrogens with zero attached hydrogens (tertiary/aromatic N) is 1. The number of hydrogen-bond acceptors (Lipinski definition) is 6. The highest BCUT2D eigenvalue weighted by atomic mass is 32.2. The first-order chi connectivity index (χ1) is 19.9. The minimum atomic E-state index is -3.56. The number of hydrogen-bond donors (Lipinski definition) is 4. The van der Waals surface area contributed by atoms with Crippen molar-refractivity contribution in [3.63, 3.8) is 0 Å². The van der Waals surface area contributed by atoms with Crippen molar-refractivity contribution in [2.24, 2.45) is 5.92 Å². The van der Waals surface area contributed by atoms with Gasteiger partial charge >= 0.3 is 0 Å². The second kappa shape index (κ2) is 15.3. The lowest BCUT2D eigenvalue weighted by molar-refractivity contribution is -0.125. The third kappa shape index (κ3) is 9.96. The van der Waals surface area contributed by atoms with E-state index in [0.29, 0.717) is 37.2 Å². The summed E-state index contributed by atoms with van der Waals surface area (Å²) in [7, 11) is -3.56. The zero-order chi connectivity index (χ0) is 30.9. The summed E-state index contributed by atoms with van der Waals surface area (Å²) in [6, 6.07) is 12.1. The molecule has 3 atom stereocenters. The van der Waals surface area contributed by atoms with Crippen LogP contribution in [0.15, 0.2) is 48.5 Å². The van der Waals surface area contributed by atoms with Gasteiger partial charge in [-0.1, -0.05) is 57.2 Å². The van der Waals surface area contributed by atoms with Crippen molar-refractivity contribution in [2.75, 3.05) is 30.2 Å². The molecule has 0 fully saturated rings. The summed E-state index contributed by atoms with van der Waals surface area (Å²) in [6.45, 7) is 8.49. The van der Waals surface area contributed by atoms with Gasteiger partial charge in [-0.2, -0.15) is 0 Å². The molecule has 1 aliphatic rings. The van der Waals surface area contributed by atoms with Crippen LogP contribution < -0.4 is 20.3 Å². The van der Waals surface area contributed by atoms with Crippen molar-refractivity contribution in [1.29, 1.82) is 0 Å². The smallest absolute Gasteiger partial charge is 0.251 e. The summed E-state index contributed by atoms with van der Waals surface area (Å²) in [5.41, 5.74) is 3.73. The Balaban J connectivity index is 1.97. The van der Waals surface area contributed by atoms with Crippen LogP contribution in [0.3, 0.4) is 0 Å².